The molecule has 1 rings (SSSR count). The Kier molecular flexibility index (Phi) is 11.9. The van der Waals surface area contributed by atoms with Crippen LogP contribution in [0, 0.1) is 5.41 Å². The zero-order valence-electron chi connectivity index (χ0n) is 16.9. The molecule has 0 bridgehead atoms. The van der Waals surface area contributed by atoms with Gasteiger partial charge < -0.3 is 14.9 Å². The summed E-state index contributed by atoms with van der Waals surface area (Å²) in [5, 5.41) is 19.5. The van der Waals surface area contributed by atoms with Crippen LogP contribution in [0.25, 0.3) is 0 Å². The van der Waals surface area contributed by atoms with E-state index < -0.39 is 0 Å². The first kappa shape index (κ1) is 23.2. The van der Waals surface area contributed by atoms with E-state index in [0.29, 0.717) is 0 Å². The van der Waals surface area contributed by atoms with E-state index in [1.54, 1.807) is 0 Å². The van der Waals surface area contributed by atoms with Crippen LogP contribution in [0.4, 0.5) is 0 Å². The van der Waals surface area contributed by atoms with Gasteiger partial charge in [-0.05, 0) is 51.0 Å². The molecule has 0 aliphatic heterocycles. The second kappa shape index (κ2) is 13.3. The molecule has 3 unspecified atom stereocenters. The Balaban J connectivity index is 2.61. The second-order valence-electron chi connectivity index (χ2n) is 7.89. The lowest BCUT2D eigenvalue weighted by Gasteiger charge is -2.30. The van der Waals surface area contributed by atoms with Gasteiger partial charge in [-0.3, -0.25) is 4.79 Å². The summed E-state index contributed by atoms with van der Waals surface area (Å²) in [4.78, 5) is 11.4. The minimum atomic E-state index is -0.287. The molecular weight excluding hydrogens is 328 g/mol. The quantitative estimate of drug-likeness (QED) is 0.259. The normalized spacial score (nSPS) is 24.2. The molecule has 1 fully saturated rings. The number of ether oxygens (including phenoxy) is 1. The molecule has 1 saturated carbocycles. The maximum absolute atomic E-state index is 11.4. The van der Waals surface area contributed by atoms with Gasteiger partial charge in [0.2, 0.25) is 0 Å². The SMILES string of the molecule is CCCCCC(/C=C/C1(CCCCCCCO)CCCC1O)OC(C)=O. The van der Waals surface area contributed by atoms with E-state index >= 15 is 0 Å². The molecule has 0 aromatic heterocycles. The zero-order valence-corrected chi connectivity index (χ0v) is 16.9. The summed E-state index contributed by atoms with van der Waals surface area (Å²) in [5.41, 5.74) is -0.153. The van der Waals surface area contributed by atoms with Gasteiger partial charge >= 0.3 is 5.97 Å². The number of hydrogen-bond acceptors (Lipinski definition) is 4. The monoisotopic (exact) mass is 368 g/mol. The lowest BCUT2D eigenvalue weighted by Crippen LogP contribution is -2.28. The summed E-state index contributed by atoms with van der Waals surface area (Å²) in [7, 11) is 0. The molecule has 0 spiro atoms. The second-order valence-corrected chi connectivity index (χ2v) is 7.89. The summed E-state index contributed by atoms with van der Waals surface area (Å²) in [6, 6.07) is 0. The molecule has 2 N–H and O–H groups in total. The van der Waals surface area contributed by atoms with E-state index in [9.17, 15) is 9.90 Å². The van der Waals surface area contributed by atoms with Crippen molar-refractivity contribution in [3.63, 3.8) is 0 Å². The molecule has 1 aliphatic carbocycles. The zero-order chi connectivity index (χ0) is 19.3. The maximum Gasteiger partial charge on any atom is 0.303 e. The van der Waals surface area contributed by atoms with Gasteiger partial charge in [-0.1, -0.05) is 51.5 Å². The largest absolute Gasteiger partial charge is 0.458 e. The molecule has 3 atom stereocenters. The highest BCUT2D eigenvalue weighted by Crippen LogP contribution is 2.44. The van der Waals surface area contributed by atoms with E-state index in [0.717, 1.165) is 83.5 Å². The van der Waals surface area contributed by atoms with Crippen LogP contribution >= 0.6 is 0 Å². The fourth-order valence-electron chi connectivity index (χ4n) is 4.05. The molecular formula is C22H40O4. The Morgan fingerprint density at radius 2 is 1.92 bits per heavy atom. The van der Waals surface area contributed by atoms with Gasteiger partial charge in [-0.2, -0.15) is 0 Å². The fourth-order valence-corrected chi connectivity index (χ4v) is 4.05. The van der Waals surface area contributed by atoms with Crippen LogP contribution in [0.2, 0.25) is 0 Å². The smallest absolute Gasteiger partial charge is 0.303 e. The third-order valence-corrected chi connectivity index (χ3v) is 5.64. The first-order chi connectivity index (χ1) is 12.5. The highest BCUT2D eigenvalue weighted by Gasteiger charge is 2.39. The Morgan fingerprint density at radius 3 is 2.54 bits per heavy atom. The maximum atomic E-state index is 11.4. The Labute approximate surface area is 160 Å². The predicted molar refractivity (Wildman–Crippen MR) is 106 cm³/mol. The number of hydrogen-bond donors (Lipinski definition) is 2. The summed E-state index contributed by atoms with van der Waals surface area (Å²) in [6.45, 7) is 3.91. The Morgan fingerprint density at radius 1 is 1.19 bits per heavy atom. The number of aliphatic hydroxyl groups excluding tert-OH is 2. The molecule has 4 nitrogen and oxygen atoms in total. The Hall–Kier alpha value is -0.870. The van der Waals surface area contributed by atoms with Gasteiger partial charge in [-0.25, -0.2) is 0 Å². The van der Waals surface area contributed by atoms with Gasteiger partial charge in [0.1, 0.15) is 6.10 Å². The van der Waals surface area contributed by atoms with Crippen LogP contribution in [0.15, 0.2) is 12.2 Å². The highest BCUT2D eigenvalue weighted by molar-refractivity contribution is 5.66. The van der Waals surface area contributed by atoms with Gasteiger partial charge in [0, 0.05) is 18.9 Å². The van der Waals surface area contributed by atoms with Crippen molar-refractivity contribution >= 4 is 5.97 Å². The highest BCUT2D eigenvalue weighted by atomic mass is 16.5. The molecule has 0 aromatic rings. The van der Waals surface area contributed by atoms with Crippen molar-refractivity contribution in [3.8, 4) is 0 Å². The van der Waals surface area contributed by atoms with Crippen molar-refractivity contribution in [1.29, 1.82) is 0 Å². The summed E-state index contributed by atoms with van der Waals surface area (Å²) >= 11 is 0. The molecule has 4 heteroatoms. The molecule has 0 heterocycles. The third-order valence-electron chi connectivity index (χ3n) is 5.64. The predicted octanol–water partition coefficient (Wildman–Crippen LogP) is 4.92. The summed E-state index contributed by atoms with van der Waals surface area (Å²) < 4.78 is 5.48. The number of carbonyl (C=O) groups is 1. The molecule has 0 saturated heterocycles. The van der Waals surface area contributed by atoms with Crippen molar-refractivity contribution in [2.75, 3.05) is 6.61 Å². The fraction of sp³-hybridized carbons (Fsp3) is 0.864. The van der Waals surface area contributed by atoms with Gasteiger partial charge in [0.25, 0.3) is 0 Å². The number of carbonyl (C=O) groups excluding carboxylic acids is 1. The molecule has 26 heavy (non-hydrogen) atoms. The molecule has 0 aromatic carbocycles. The van der Waals surface area contributed by atoms with Crippen LogP contribution in [0.3, 0.4) is 0 Å². The van der Waals surface area contributed by atoms with E-state index in [4.69, 9.17) is 9.84 Å². The molecule has 152 valence electrons. The van der Waals surface area contributed by atoms with Crippen molar-refractivity contribution in [1.82, 2.24) is 0 Å². The molecule has 1 aliphatic rings. The van der Waals surface area contributed by atoms with Crippen LogP contribution in [-0.2, 0) is 9.53 Å². The standard InChI is InChI=1S/C22H40O4/c1-3-4-8-12-20(26-19(2)24)14-17-22(16-11-13-21(22)25)15-9-6-5-7-10-18-23/h14,17,20-21,23,25H,3-13,15-16,18H2,1-2H3/b17-14+. The van der Waals surface area contributed by atoms with E-state index in [1.165, 1.54) is 6.92 Å². The number of esters is 1. The lowest BCUT2D eigenvalue weighted by molar-refractivity contribution is -0.144. The van der Waals surface area contributed by atoms with E-state index in [2.05, 4.69) is 13.0 Å². The van der Waals surface area contributed by atoms with Crippen molar-refractivity contribution in [2.45, 2.75) is 110 Å². The average Bonchev–Trinajstić information content (AvgIpc) is 2.96. The lowest BCUT2D eigenvalue weighted by atomic mass is 9.78. The van der Waals surface area contributed by atoms with Crippen molar-refractivity contribution in [2.24, 2.45) is 5.41 Å². The third kappa shape index (κ3) is 8.68. The van der Waals surface area contributed by atoms with Gasteiger partial charge in [0.05, 0.1) is 6.10 Å². The number of aliphatic hydroxyl groups is 2. The summed E-state index contributed by atoms with van der Waals surface area (Å²) in [6.07, 6.45) is 17.2. The molecule has 0 radical (unpaired) electrons. The number of rotatable bonds is 14. The number of unbranched alkanes of at least 4 members (excludes halogenated alkanes) is 6. The first-order valence-corrected chi connectivity index (χ1v) is 10.7. The van der Waals surface area contributed by atoms with E-state index in [-0.39, 0.29) is 30.2 Å². The first-order valence-electron chi connectivity index (χ1n) is 10.7. The minimum absolute atomic E-state index is 0.153. The Bertz CT molecular complexity index is 407. The van der Waals surface area contributed by atoms with E-state index in [1.807, 2.05) is 6.08 Å². The van der Waals surface area contributed by atoms with Gasteiger partial charge in [-0.15, -0.1) is 0 Å². The van der Waals surface area contributed by atoms with Gasteiger partial charge in [0.15, 0.2) is 0 Å². The van der Waals surface area contributed by atoms with Crippen LogP contribution in [-0.4, -0.2) is 35.0 Å². The molecule has 0 amide bonds. The van der Waals surface area contributed by atoms with Crippen LogP contribution in [0.1, 0.15) is 97.3 Å². The van der Waals surface area contributed by atoms with Crippen molar-refractivity contribution < 1.29 is 19.7 Å². The minimum Gasteiger partial charge on any atom is -0.458 e. The van der Waals surface area contributed by atoms with Crippen LogP contribution < -0.4 is 0 Å². The average molecular weight is 369 g/mol. The topological polar surface area (TPSA) is 66.8 Å². The van der Waals surface area contributed by atoms with Crippen LogP contribution in [0.5, 0.6) is 0 Å². The summed E-state index contributed by atoms with van der Waals surface area (Å²) in [5.74, 6) is -0.235. The van der Waals surface area contributed by atoms with Crippen molar-refractivity contribution in [3.05, 3.63) is 12.2 Å².